The van der Waals surface area contributed by atoms with Gasteiger partial charge in [-0.15, -0.1) is 0 Å². The fourth-order valence-corrected chi connectivity index (χ4v) is 3.76. The number of carbonyl (C=O) groups is 4. The molecule has 0 aromatic heterocycles. The van der Waals surface area contributed by atoms with Gasteiger partial charge in [0, 0.05) is 18.9 Å². The van der Waals surface area contributed by atoms with Crippen LogP contribution in [-0.2, 0) is 19.2 Å². The molecule has 146 valence electrons. The van der Waals surface area contributed by atoms with Crippen LogP contribution in [0.4, 0.5) is 0 Å². The largest absolute Gasteiger partial charge is 0.383 e. The average molecular weight is 367 g/mol. The van der Waals surface area contributed by atoms with E-state index in [4.69, 9.17) is 5.73 Å². The maximum Gasteiger partial charge on any atom is 0.252 e. The number of nitrogens with zero attached hydrogens (tertiary/aromatic N) is 2. The van der Waals surface area contributed by atoms with Crippen LogP contribution in [0.1, 0.15) is 46.5 Å². The molecule has 3 N–H and O–H groups in total. The summed E-state index contributed by atoms with van der Waals surface area (Å²) in [6.45, 7) is 5.83. The highest BCUT2D eigenvalue weighted by Gasteiger charge is 2.51. The lowest BCUT2D eigenvalue weighted by Crippen LogP contribution is -2.45. The zero-order chi connectivity index (χ0) is 19.6. The van der Waals surface area contributed by atoms with Gasteiger partial charge in [-0.1, -0.05) is 20.8 Å². The number of nitrogens with two attached hydrogens (primary N) is 1. The summed E-state index contributed by atoms with van der Waals surface area (Å²) in [7, 11) is 0. The molecule has 0 radical (unpaired) electrons. The molecule has 0 bridgehead atoms. The van der Waals surface area contributed by atoms with E-state index in [9.17, 15) is 24.3 Å². The van der Waals surface area contributed by atoms with Gasteiger partial charge in [-0.3, -0.25) is 19.2 Å². The summed E-state index contributed by atoms with van der Waals surface area (Å²) >= 11 is 0. The van der Waals surface area contributed by atoms with Crippen molar-refractivity contribution in [3.8, 4) is 0 Å². The summed E-state index contributed by atoms with van der Waals surface area (Å²) in [6.07, 6.45) is 0.223. The minimum absolute atomic E-state index is 0.0647. The third kappa shape index (κ3) is 4.23. The molecule has 2 aliphatic rings. The normalized spacial score (nSPS) is 24.7. The Morgan fingerprint density at radius 1 is 1.23 bits per heavy atom. The smallest absolute Gasteiger partial charge is 0.252 e. The summed E-state index contributed by atoms with van der Waals surface area (Å²) in [5.41, 5.74) is 5.21. The molecule has 2 saturated heterocycles. The maximum absolute atomic E-state index is 12.5. The van der Waals surface area contributed by atoms with Gasteiger partial charge in [0.05, 0.1) is 12.6 Å². The SMILES string of the molecule is CC(C)CC(O)C(=O)N1CC(=O)C2C1CCN2C(=O)CCC(C)C(N)=O. The summed E-state index contributed by atoms with van der Waals surface area (Å²) in [6, 6.07) is -1.00. The van der Waals surface area contributed by atoms with Crippen LogP contribution in [0.25, 0.3) is 0 Å². The molecule has 0 spiro atoms. The predicted octanol–water partition coefficient (Wildman–Crippen LogP) is -0.324. The topological polar surface area (TPSA) is 121 Å². The van der Waals surface area contributed by atoms with Crippen LogP contribution in [0.5, 0.6) is 0 Å². The van der Waals surface area contributed by atoms with Crippen molar-refractivity contribution >= 4 is 23.5 Å². The highest BCUT2D eigenvalue weighted by atomic mass is 16.3. The Balaban J connectivity index is 2.01. The number of carbonyl (C=O) groups excluding carboxylic acids is 4. The maximum atomic E-state index is 12.5. The van der Waals surface area contributed by atoms with E-state index in [1.165, 1.54) is 9.80 Å². The van der Waals surface area contributed by atoms with Crippen molar-refractivity contribution in [1.29, 1.82) is 0 Å². The van der Waals surface area contributed by atoms with Gasteiger partial charge >= 0.3 is 0 Å². The molecule has 4 unspecified atom stereocenters. The van der Waals surface area contributed by atoms with Gasteiger partial charge < -0.3 is 20.6 Å². The van der Waals surface area contributed by atoms with Crippen molar-refractivity contribution in [2.45, 2.75) is 64.6 Å². The van der Waals surface area contributed by atoms with Crippen LogP contribution in [-0.4, -0.2) is 69.7 Å². The number of hydrogen-bond donors (Lipinski definition) is 2. The lowest BCUT2D eigenvalue weighted by molar-refractivity contribution is -0.142. The van der Waals surface area contributed by atoms with E-state index in [2.05, 4.69) is 0 Å². The number of aliphatic hydroxyl groups is 1. The predicted molar refractivity (Wildman–Crippen MR) is 93.7 cm³/mol. The standard InChI is InChI=1S/C18H29N3O5/c1-10(2)8-13(22)18(26)21-9-14(23)16-12(21)6-7-20(16)15(24)5-4-11(3)17(19)25/h10-13,16,22H,4-9H2,1-3H3,(H2,19,25). The fourth-order valence-electron chi connectivity index (χ4n) is 3.76. The summed E-state index contributed by atoms with van der Waals surface area (Å²) in [5.74, 6) is -1.50. The first-order valence-electron chi connectivity index (χ1n) is 9.23. The van der Waals surface area contributed by atoms with Gasteiger partial charge in [0.2, 0.25) is 11.8 Å². The van der Waals surface area contributed by atoms with Crippen LogP contribution in [0.3, 0.4) is 0 Å². The molecule has 8 nitrogen and oxygen atoms in total. The van der Waals surface area contributed by atoms with E-state index in [1.807, 2.05) is 13.8 Å². The van der Waals surface area contributed by atoms with E-state index in [-0.39, 0.29) is 36.6 Å². The van der Waals surface area contributed by atoms with Gasteiger partial charge in [-0.05, 0) is 25.2 Å². The van der Waals surface area contributed by atoms with Crippen LogP contribution in [0.2, 0.25) is 0 Å². The van der Waals surface area contributed by atoms with Gasteiger partial charge in [-0.2, -0.15) is 0 Å². The van der Waals surface area contributed by atoms with E-state index in [1.54, 1.807) is 6.92 Å². The van der Waals surface area contributed by atoms with Crippen molar-refractivity contribution < 1.29 is 24.3 Å². The average Bonchev–Trinajstić information content (AvgIpc) is 3.12. The number of ketones is 1. The molecule has 2 fully saturated rings. The third-order valence-electron chi connectivity index (χ3n) is 5.28. The van der Waals surface area contributed by atoms with Crippen LogP contribution in [0.15, 0.2) is 0 Å². The molecule has 0 aromatic rings. The lowest BCUT2D eigenvalue weighted by Gasteiger charge is -2.26. The number of amides is 3. The molecule has 4 atom stereocenters. The van der Waals surface area contributed by atoms with Crippen LogP contribution < -0.4 is 5.73 Å². The van der Waals surface area contributed by atoms with E-state index in [0.717, 1.165) is 0 Å². The van der Waals surface area contributed by atoms with E-state index < -0.39 is 29.9 Å². The first-order valence-corrected chi connectivity index (χ1v) is 9.23. The Bertz CT molecular complexity index is 591. The molecule has 0 aromatic carbocycles. The number of Topliss-reactive ketones (excluding diaryl/α,β-unsaturated/α-hetero) is 1. The van der Waals surface area contributed by atoms with Crippen molar-refractivity contribution in [2.75, 3.05) is 13.1 Å². The summed E-state index contributed by atoms with van der Waals surface area (Å²) < 4.78 is 0. The first-order chi connectivity index (χ1) is 12.1. The number of rotatable bonds is 7. The first kappa shape index (κ1) is 20.4. The summed E-state index contributed by atoms with van der Waals surface area (Å²) in [5, 5.41) is 10.1. The van der Waals surface area contributed by atoms with Crippen LogP contribution in [0, 0.1) is 11.8 Å². The van der Waals surface area contributed by atoms with Gasteiger partial charge in [0.15, 0.2) is 5.78 Å². The second kappa shape index (κ2) is 8.16. The fraction of sp³-hybridized carbons (Fsp3) is 0.778. The molecular formula is C18H29N3O5. The molecule has 2 rings (SSSR count). The molecule has 26 heavy (non-hydrogen) atoms. The number of likely N-dealkylation sites (tertiary alicyclic amines) is 2. The minimum Gasteiger partial charge on any atom is -0.383 e. The van der Waals surface area contributed by atoms with E-state index in [0.29, 0.717) is 25.8 Å². The monoisotopic (exact) mass is 367 g/mol. The highest BCUT2D eigenvalue weighted by molar-refractivity contribution is 5.98. The molecule has 0 saturated carbocycles. The zero-order valence-corrected chi connectivity index (χ0v) is 15.7. The molecule has 2 aliphatic heterocycles. The molecule has 3 amide bonds. The van der Waals surface area contributed by atoms with Crippen LogP contribution >= 0.6 is 0 Å². The number of primary amides is 1. The third-order valence-corrected chi connectivity index (χ3v) is 5.28. The molecule has 8 heteroatoms. The lowest BCUT2D eigenvalue weighted by atomic mass is 10.0. The minimum atomic E-state index is -1.12. The molecular weight excluding hydrogens is 338 g/mol. The Hall–Kier alpha value is -1.96. The second-order valence-electron chi connectivity index (χ2n) is 7.81. The van der Waals surface area contributed by atoms with E-state index >= 15 is 0 Å². The van der Waals surface area contributed by atoms with Crippen molar-refractivity contribution in [3.05, 3.63) is 0 Å². The number of aliphatic hydroxyl groups excluding tert-OH is 1. The Morgan fingerprint density at radius 2 is 1.88 bits per heavy atom. The van der Waals surface area contributed by atoms with Crippen molar-refractivity contribution in [3.63, 3.8) is 0 Å². The van der Waals surface area contributed by atoms with Crippen molar-refractivity contribution in [2.24, 2.45) is 17.6 Å². The second-order valence-corrected chi connectivity index (χ2v) is 7.81. The number of hydrogen-bond acceptors (Lipinski definition) is 5. The van der Waals surface area contributed by atoms with Gasteiger partial charge in [0.1, 0.15) is 12.1 Å². The highest BCUT2D eigenvalue weighted by Crippen LogP contribution is 2.31. The molecule has 0 aliphatic carbocycles. The van der Waals surface area contributed by atoms with Gasteiger partial charge in [-0.25, -0.2) is 0 Å². The zero-order valence-electron chi connectivity index (χ0n) is 15.7. The van der Waals surface area contributed by atoms with Crippen molar-refractivity contribution in [1.82, 2.24) is 9.80 Å². The Morgan fingerprint density at radius 3 is 2.46 bits per heavy atom. The summed E-state index contributed by atoms with van der Waals surface area (Å²) in [4.78, 5) is 51.5. The Kier molecular flexibility index (Phi) is 6.39. The quantitative estimate of drug-likeness (QED) is 0.638. The molecule has 2 heterocycles. The number of fused-ring (bicyclic) bond motifs is 1. The Labute approximate surface area is 153 Å². The van der Waals surface area contributed by atoms with Gasteiger partial charge in [0.25, 0.3) is 5.91 Å².